The number of aromatic nitrogens is 1. The van der Waals surface area contributed by atoms with E-state index in [9.17, 15) is 9.00 Å². The Morgan fingerprint density at radius 1 is 1.20 bits per heavy atom. The molecule has 1 N–H and O–H groups in total. The molecule has 1 amide bonds. The molecule has 0 radical (unpaired) electrons. The number of halogens is 2. The van der Waals surface area contributed by atoms with Crippen molar-refractivity contribution in [2.24, 2.45) is 0 Å². The van der Waals surface area contributed by atoms with Crippen molar-refractivity contribution in [1.29, 1.82) is 0 Å². The average molecular weight is 463 g/mol. The Bertz CT molecular complexity index is 1090. The van der Waals surface area contributed by atoms with Crippen LogP contribution < -0.4 is 10.1 Å². The topological polar surface area (TPSA) is 68.3 Å². The summed E-state index contributed by atoms with van der Waals surface area (Å²) in [6, 6.07) is 14.2. The molecule has 3 rings (SSSR count). The van der Waals surface area contributed by atoms with E-state index < -0.39 is 10.8 Å². The summed E-state index contributed by atoms with van der Waals surface area (Å²) in [7, 11) is 0.491. The molecule has 1 unspecified atom stereocenters. The first-order valence-corrected chi connectivity index (χ1v) is 11.5. The molecule has 30 heavy (non-hydrogen) atoms. The number of benzene rings is 2. The number of alkyl halides is 1. The van der Waals surface area contributed by atoms with E-state index in [0.717, 1.165) is 27.1 Å². The SMILES string of the molecule is COc1ncccc1-c1c(Cl)cc(NC(=O)Cc2ccc(S(C)=O)cc2)cc1CCl. The number of amides is 1. The highest BCUT2D eigenvalue weighted by Gasteiger charge is 2.17. The first kappa shape index (κ1) is 22.3. The maximum absolute atomic E-state index is 12.5. The van der Waals surface area contributed by atoms with Crippen LogP contribution >= 0.6 is 23.2 Å². The number of methoxy groups -OCH3 is 1. The molecular formula is C22H20Cl2N2O3S. The van der Waals surface area contributed by atoms with Crippen LogP contribution in [0, 0.1) is 0 Å². The number of rotatable bonds is 7. The van der Waals surface area contributed by atoms with Crippen molar-refractivity contribution < 1.29 is 13.7 Å². The van der Waals surface area contributed by atoms with E-state index in [1.807, 2.05) is 6.07 Å². The standard InChI is InChI=1S/C22H20Cl2N2O3S/c1-29-22-18(4-3-9-25-22)21-15(13-23)11-16(12-19(21)24)26-20(27)10-14-5-7-17(8-6-14)30(2)28/h3-9,11-12H,10,13H2,1-2H3,(H,26,27). The van der Waals surface area contributed by atoms with Crippen LogP contribution in [0.15, 0.2) is 59.6 Å². The van der Waals surface area contributed by atoms with Crippen LogP contribution in [-0.4, -0.2) is 28.5 Å². The Hall–Kier alpha value is -2.41. The van der Waals surface area contributed by atoms with E-state index in [-0.39, 0.29) is 18.2 Å². The molecule has 0 aliphatic carbocycles. The van der Waals surface area contributed by atoms with E-state index in [1.165, 1.54) is 0 Å². The summed E-state index contributed by atoms with van der Waals surface area (Å²) in [5.74, 6) is 0.453. The van der Waals surface area contributed by atoms with Crippen molar-refractivity contribution in [1.82, 2.24) is 4.98 Å². The average Bonchev–Trinajstić information content (AvgIpc) is 2.73. The molecule has 3 aromatic rings. The molecule has 0 aliphatic heterocycles. The fourth-order valence-electron chi connectivity index (χ4n) is 3.08. The number of ether oxygens (including phenoxy) is 1. The van der Waals surface area contributed by atoms with E-state index >= 15 is 0 Å². The number of carbonyl (C=O) groups is 1. The number of anilines is 1. The van der Waals surface area contributed by atoms with Crippen molar-refractivity contribution in [2.75, 3.05) is 18.7 Å². The third-order valence-corrected chi connectivity index (χ3v) is 5.98. The Balaban J connectivity index is 1.82. The van der Waals surface area contributed by atoms with Crippen molar-refractivity contribution in [3.63, 3.8) is 0 Å². The van der Waals surface area contributed by atoms with Gasteiger partial charge in [-0.25, -0.2) is 4.98 Å². The summed E-state index contributed by atoms with van der Waals surface area (Å²) in [6.07, 6.45) is 3.43. The van der Waals surface area contributed by atoms with E-state index in [1.54, 1.807) is 62.0 Å². The zero-order valence-corrected chi connectivity index (χ0v) is 18.8. The zero-order valence-electron chi connectivity index (χ0n) is 16.4. The van der Waals surface area contributed by atoms with Gasteiger partial charge in [-0.1, -0.05) is 23.7 Å². The highest BCUT2D eigenvalue weighted by atomic mass is 35.5. The van der Waals surface area contributed by atoms with E-state index in [0.29, 0.717) is 16.6 Å². The van der Waals surface area contributed by atoms with Gasteiger partial charge in [0.05, 0.1) is 18.6 Å². The maximum Gasteiger partial charge on any atom is 0.228 e. The van der Waals surface area contributed by atoms with Crippen LogP contribution in [0.25, 0.3) is 11.1 Å². The number of carbonyl (C=O) groups excluding carboxylic acids is 1. The van der Waals surface area contributed by atoms with Crippen LogP contribution in [0.1, 0.15) is 11.1 Å². The molecule has 0 spiro atoms. The largest absolute Gasteiger partial charge is 0.481 e. The van der Waals surface area contributed by atoms with Crippen LogP contribution in [0.2, 0.25) is 5.02 Å². The maximum atomic E-state index is 12.5. The fourth-order valence-corrected chi connectivity index (χ4v) is 4.15. The number of hydrogen-bond acceptors (Lipinski definition) is 4. The summed E-state index contributed by atoms with van der Waals surface area (Å²) in [4.78, 5) is 17.4. The first-order chi connectivity index (χ1) is 14.4. The minimum atomic E-state index is -1.05. The molecule has 0 saturated heterocycles. The smallest absolute Gasteiger partial charge is 0.228 e. The number of hydrogen-bond donors (Lipinski definition) is 1. The summed E-state index contributed by atoms with van der Waals surface area (Å²) in [6.45, 7) is 0. The Labute approximate surface area is 187 Å². The van der Waals surface area contributed by atoms with Gasteiger partial charge in [0.2, 0.25) is 11.8 Å². The van der Waals surface area contributed by atoms with Crippen molar-refractivity contribution in [3.8, 4) is 17.0 Å². The summed E-state index contributed by atoms with van der Waals surface area (Å²) >= 11 is 12.7. The molecule has 0 fully saturated rings. The van der Waals surface area contributed by atoms with E-state index in [2.05, 4.69) is 10.3 Å². The van der Waals surface area contributed by atoms with Crippen LogP contribution in [0.3, 0.4) is 0 Å². The molecule has 1 atom stereocenters. The van der Waals surface area contributed by atoms with Gasteiger partial charge >= 0.3 is 0 Å². The van der Waals surface area contributed by atoms with Gasteiger partial charge in [0.15, 0.2) is 0 Å². The van der Waals surface area contributed by atoms with Gasteiger partial charge in [-0.05, 0) is 47.5 Å². The lowest BCUT2D eigenvalue weighted by Crippen LogP contribution is -2.14. The second kappa shape index (κ2) is 10.1. The van der Waals surface area contributed by atoms with Crippen molar-refractivity contribution in [2.45, 2.75) is 17.2 Å². The van der Waals surface area contributed by atoms with Gasteiger partial charge in [-0.2, -0.15) is 0 Å². The lowest BCUT2D eigenvalue weighted by Gasteiger charge is -2.15. The molecule has 156 valence electrons. The summed E-state index contributed by atoms with van der Waals surface area (Å²) in [5, 5.41) is 3.30. The molecule has 0 aliphatic rings. The molecule has 1 heterocycles. The quantitative estimate of drug-likeness (QED) is 0.497. The molecular weight excluding hydrogens is 443 g/mol. The van der Waals surface area contributed by atoms with Gasteiger partial charge in [-0.3, -0.25) is 9.00 Å². The van der Waals surface area contributed by atoms with Gasteiger partial charge < -0.3 is 10.1 Å². The van der Waals surface area contributed by atoms with Crippen LogP contribution in [0.5, 0.6) is 5.88 Å². The monoisotopic (exact) mass is 462 g/mol. The van der Waals surface area contributed by atoms with Crippen molar-refractivity contribution in [3.05, 3.63) is 70.9 Å². The fraction of sp³-hybridized carbons (Fsp3) is 0.182. The molecule has 8 heteroatoms. The summed E-state index contributed by atoms with van der Waals surface area (Å²) in [5.41, 5.74) is 3.57. The highest BCUT2D eigenvalue weighted by molar-refractivity contribution is 7.84. The minimum absolute atomic E-state index is 0.183. The second-order valence-corrected chi connectivity index (χ2v) is 8.56. The molecule has 0 saturated carbocycles. The lowest BCUT2D eigenvalue weighted by atomic mass is 10.0. The second-order valence-electron chi connectivity index (χ2n) is 6.51. The van der Waals surface area contributed by atoms with Gasteiger partial charge in [0.1, 0.15) is 0 Å². The van der Waals surface area contributed by atoms with Crippen molar-refractivity contribution >= 4 is 45.6 Å². The van der Waals surface area contributed by atoms with Gasteiger partial charge in [0.25, 0.3) is 0 Å². The number of pyridine rings is 1. The molecule has 5 nitrogen and oxygen atoms in total. The normalized spacial score (nSPS) is 11.7. The third-order valence-electron chi connectivity index (χ3n) is 4.45. The Kier molecular flexibility index (Phi) is 7.48. The molecule has 1 aromatic heterocycles. The first-order valence-electron chi connectivity index (χ1n) is 9.03. The van der Waals surface area contributed by atoms with Crippen LogP contribution in [0.4, 0.5) is 5.69 Å². The van der Waals surface area contributed by atoms with Gasteiger partial charge in [0, 0.05) is 50.8 Å². The Morgan fingerprint density at radius 2 is 1.93 bits per heavy atom. The molecule has 0 bridgehead atoms. The summed E-state index contributed by atoms with van der Waals surface area (Å²) < 4.78 is 16.8. The Morgan fingerprint density at radius 3 is 2.57 bits per heavy atom. The minimum Gasteiger partial charge on any atom is -0.481 e. The van der Waals surface area contributed by atoms with E-state index in [4.69, 9.17) is 27.9 Å². The number of nitrogens with one attached hydrogen (secondary N) is 1. The van der Waals surface area contributed by atoms with Gasteiger partial charge in [-0.15, -0.1) is 11.6 Å². The predicted octanol–water partition coefficient (Wildman–Crippen LogP) is 5.07. The lowest BCUT2D eigenvalue weighted by molar-refractivity contribution is -0.115. The predicted molar refractivity (Wildman–Crippen MR) is 122 cm³/mol. The third kappa shape index (κ3) is 5.19. The zero-order chi connectivity index (χ0) is 21.7. The number of nitrogens with zero attached hydrogens (tertiary/aromatic N) is 1. The molecule has 2 aromatic carbocycles. The van der Waals surface area contributed by atoms with Crippen LogP contribution in [-0.2, 0) is 27.9 Å². The highest BCUT2D eigenvalue weighted by Crippen LogP contribution is 2.38.